The van der Waals surface area contributed by atoms with Crippen LogP contribution in [-0.4, -0.2) is 24.9 Å². The molecule has 0 fully saturated rings. The SMILES string of the molecule is CCc1ccc(S(=O)(=O)/N=C2\C=C(Sc3nc4ccccc4s3)C(=O)c3ccccc32)cc1. The fraction of sp³-hybridized carbons (Fsp3) is 0.0800. The highest BCUT2D eigenvalue weighted by atomic mass is 32.2. The second-order valence-electron chi connectivity index (χ2n) is 7.38. The summed E-state index contributed by atoms with van der Waals surface area (Å²) < 4.78 is 32.0. The zero-order valence-electron chi connectivity index (χ0n) is 17.6. The molecule has 1 aromatic heterocycles. The molecular formula is C25H18N2O3S3. The average Bonchev–Trinajstić information content (AvgIpc) is 3.24. The van der Waals surface area contributed by atoms with Gasteiger partial charge in [0.2, 0.25) is 5.78 Å². The topological polar surface area (TPSA) is 76.5 Å². The summed E-state index contributed by atoms with van der Waals surface area (Å²) in [5.41, 5.74) is 3.09. The maximum Gasteiger partial charge on any atom is 0.282 e. The van der Waals surface area contributed by atoms with Gasteiger partial charge >= 0.3 is 0 Å². The number of hydrogen-bond donors (Lipinski definition) is 0. The van der Waals surface area contributed by atoms with Crippen LogP contribution in [0.4, 0.5) is 0 Å². The largest absolute Gasteiger partial charge is 0.288 e. The van der Waals surface area contributed by atoms with Gasteiger partial charge in [-0.1, -0.05) is 67.2 Å². The highest BCUT2D eigenvalue weighted by Gasteiger charge is 2.27. The highest BCUT2D eigenvalue weighted by Crippen LogP contribution is 2.37. The number of sulfonamides is 1. The van der Waals surface area contributed by atoms with Crippen LogP contribution < -0.4 is 0 Å². The maximum atomic E-state index is 13.2. The quantitative estimate of drug-likeness (QED) is 0.348. The molecule has 1 aliphatic rings. The molecule has 1 aliphatic carbocycles. The number of carbonyl (C=O) groups excluding carboxylic acids is 1. The summed E-state index contributed by atoms with van der Waals surface area (Å²) in [6.45, 7) is 2.01. The van der Waals surface area contributed by atoms with Gasteiger partial charge in [-0.25, -0.2) is 4.98 Å². The van der Waals surface area contributed by atoms with Crippen molar-refractivity contribution in [3.63, 3.8) is 0 Å². The molecule has 0 N–H and O–H groups in total. The van der Waals surface area contributed by atoms with E-state index in [4.69, 9.17) is 0 Å². The number of carbonyl (C=O) groups is 1. The molecular weight excluding hydrogens is 472 g/mol. The summed E-state index contributed by atoms with van der Waals surface area (Å²) in [6, 6.07) is 21.4. The number of aryl methyl sites for hydroxylation is 1. The predicted octanol–water partition coefficient (Wildman–Crippen LogP) is 5.91. The molecule has 4 aromatic rings. The summed E-state index contributed by atoms with van der Waals surface area (Å²) >= 11 is 2.73. The van der Waals surface area contributed by atoms with Gasteiger partial charge in [0.25, 0.3) is 10.0 Å². The Kier molecular flexibility index (Phi) is 5.74. The van der Waals surface area contributed by atoms with Gasteiger partial charge < -0.3 is 0 Å². The van der Waals surface area contributed by atoms with E-state index >= 15 is 0 Å². The number of para-hydroxylation sites is 1. The molecule has 0 atom stereocenters. The molecule has 0 unspecified atom stereocenters. The predicted molar refractivity (Wildman–Crippen MR) is 134 cm³/mol. The first kappa shape index (κ1) is 21.8. The van der Waals surface area contributed by atoms with Gasteiger partial charge in [0.15, 0.2) is 4.34 Å². The number of nitrogens with zero attached hydrogens (tertiary/aromatic N) is 2. The van der Waals surface area contributed by atoms with Crippen LogP contribution in [0.25, 0.3) is 10.2 Å². The number of Topliss-reactive ketones (excluding diaryl/α,β-unsaturated/α-hetero) is 1. The normalized spacial score (nSPS) is 15.0. The van der Waals surface area contributed by atoms with Crippen molar-refractivity contribution < 1.29 is 13.2 Å². The minimum absolute atomic E-state index is 0.121. The van der Waals surface area contributed by atoms with Crippen molar-refractivity contribution >= 4 is 54.8 Å². The Hall–Kier alpha value is -3.07. The zero-order chi connectivity index (χ0) is 23.0. The molecule has 0 amide bonds. The second-order valence-corrected chi connectivity index (χ2v) is 11.3. The molecule has 0 spiro atoms. The van der Waals surface area contributed by atoms with Gasteiger partial charge in [-0.05, 0) is 42.3 Å². The van der Waals surface area contributed by atoms with E-state index in [9.17, 15) is 13.2 Å². The molecule has 0 aliphatic heterocycles. The number of allylic oxidation sites excluding steroid dienone is 2. The van der Waals surface area contributed by atoms with Crippen molar-refractivity contribution in [2.75, 3.05) is 0 Å². The van der Waals surface area contributed by atoms with E-state index in [1.165, 1.54) is 23.1 Å². The first-order valence-corrected chi connectivity index (χ1v) is 13.3. The molecule has 5 nitrogen and oxygen atoms in total. The van der Waals surface area contributed by atoms with Crippen LogP contribution in [0.3, 0.4) is 0 Å². The molecule has 3 aromatic carbocycles. The van der Waals surface area contributed by atoms with Gasteiger partial charge in [0.05, 0.1) is 25.7 Å². The van der Waals surface area contributed by atoms with Crippen LogP contribution in [0, 0.1) is 0 Å². The van der Waals surface area contributed by atoms with Crippen molar-refractivity contribution in [1.29, 1.82) is 0 Å². The summed E-state index contributed by atoms with van der Waals surface area (Å²) in [5.74, 6) is -0.168. The number of hydrogen-bond acceptors (Lipinski definition) is 6. The molecule has 8 heteroatoms. The average molecular weight is 491 g/mol. The number of rotatable bonds is 5. The van der Waals surface area contributed by atoms with Crippen LogP contribution >= 0.6 is 23.1 Å². The number of aromatic nitrogens is 1. The Morgan fingerprint density at radius 2 is 1.64 bits per heavy atom. The van der Waals surface area contributed by atoms with E-state index in [2.05, 4.69) is 9.38 Å². The Morgan fingerprint density at radius 3 is 2.36 bits per heavy atom. The Labute approximate surface area is 200 Å². The number of ketones is 1. The lowest BCUT2D eigenvalue weighted by atomic mass is 9.94. The van der Waals surface area contributed by atoms with Gasteiger partial charge in [0.1, 0.15) is 0 Å². The lowest BCUT2D eigenvalue weighted by molar-refractivity contribution is 0.104. The smallest absolute Gasteiger partial charge is 0.282 e. The highest BCUT2D eigenvalue weighted by molar-refractivity contribution is 8.05. The number of fused-ring (bicyclic) bond motifs is 2. The zero-order valence-corrected chi connectivity index (χ0v) is 20.0. The number of thioether (sulfide) groups is 1. The maximum absolute atomic E-state index is 13.2. The van der Waals surface area contributed by atoms with Crippen LogP contribution in [-0.2, 0) is 16.4 Å². The third-order valence-corrected chi connectivity index (χ3v) is 8.68. The van der Waals surface area contributed by atoms with Crippen molar-refractivity contribution in [3.05, 3.63) is 100 Å². The van der Waals surface area contributed by atoms with Gasteiger partial charge in [-0.3, -0.25) is 4.79 Å². The minimum Gasteiger partial charge on any atom is -0.288 e. The summed E-state index contributed by atoms with van der Waals surface area (Å²) in [5, 5.41) is 0. The molecule has 164 valence electrons. The Morgan fingerprint density at radius 1 is 0.939 bits per heavy atom. The van der Waals surface area contributed by atoms with E-state index in [1.54, 1.807) is 54.6 Å². The third kappa shape index (κ3) is 4.29. The summed E-state index contributed by atoms with van der Waals surface area (Å²) in [7, 11) is -3.95. The van der Waals surface area contributed by atoms with E-state index in [0.29, 0.717) is 20.4 Å². The number of benzene rings is 3. The van der Waals surface area contributed by atoms with Crippen LogP contribution in [0.2, 0.25) is 0 Å². The van der Waals surface area contributed by atoms with Crippen molar-refractivity contribution in [2.24, 2.45) is 4.40 Å². The first-order chi connectivity index (χ1) is 15.9. The second kappa shape index (κ2) is 8.70. The Balaban J connectivity index is 1.57. The van der Waals surface area contributed by atoms with E-state index in [1.807, 2.05) is 31.2 Å². The lowest BCUT2D eigenvalue weighted by Crippen LogP contribution is -2.17. The number of thiazole rings is 1. The first-order valence-electron chi connectivity index (χ1n) is 10.3. The van der Waals surface area contributed by atoms with Gasteiger partial charge in [-0.2, -0.15) is 12.8 Å². The summed E-state index contributed by atoms with van der Waals surface area (Å²) in [6.07, 6.45) is 2.37. The Bertz CT molecular complexity index is 1520. The monoisotopic (exact) mass is 490 g/mol. The van der Waals surface area contributed by atoms with Crippen molar-refractivity contribution in [2.45, 2.75) is 22.6 Å². The molecule has 0 saturated carbocycles. The molecule has 33 heavy (non-hydrogen) atoms. The standard InChI is InChI=1S/C25H18N2O3S3/c1-2-16-11-13-17(14-12-16)33(29,30)27-21-15-23(24(28)19-8-4-3-7-18(19)21)32-25-26-20-9-5-6-10-22(20)31-25/h3-15H,2H2,1H3/b27-21+. The third-order valence-electron chi connectivity index (χ3n) is 5.26. The van der Waals surface area contributed by atoms with Crippen LogP contribution in [0.5, 0.6) is 0 Å². The molecule has 1 heterocycles. The fourth-order valence-corrected chi connectivity index (χ4v) is 6.63. The fourth-order valence-electron chi connectivity index (χ4n) is 3.52. The van der Waals surface area contributed by atoms with Crippen molar-refractivity contribution in [3.8, 4) is 0 Å². The molecule has 0 saturated heterocycles. The molecule has 0 bridgehead atoms. The van der Waals surface area contributed by atoms with Crippen molar-refractivity contribution in [1.82, 2.24) is 4.98 Å². The van der Waals surface area contributed by atoms with Gasteiger partial charge in [-0.15, -0.1) is 11.3 Å². The molecule has 0 radical (unpaired) electrons. The summed E-state index contributed by atoms with van der Waals surface area (Å²) in [4.78, 5) is 18.3. The lowest BCUT2D eigenvalue weighted by Gasteiger charge is -2.16. The van der Waals surface area contributed by atoms with E-state index in [-0.39, 0.29) is 16.4 Å². The minimum atomic E-state index is -3.95. The van der Waals surface area contributed by atoms with Gasteiger partial charge in [0, 0.05) is 11.1 Å². The van der Waals surface area contributed by atoms with E-state index < -0.39 is 10.0 Å². The van der Waals surface area contributed by atoms with Crippen LogP contribution in [0.1, 0.15) is 28.4 Å². The van der Waals surface area contributed by atoms with Crippen LogP contribution in [0.15, 0.2) is 97.4 Å². The van der Waals surface area contributed by atoms with E-state index in [0.717, 1.165) is 22.2 Å². The molecule has 5 rings (SSSR count).